The molecule has 15 heteroatoms. The van der Waals surface area contributed by atoms with Gasteiger partial charge in [0.2, 0.25) is 5.88 Å². The Bertz CT molecular complexity index is 1950. The van der Waals surface area contributed by atoms with Crippen LogP contribution in [0.3, 0.4) is 0 Å². The molecule has 52 heavy (non-hydrogen) atoms. The summed E-state index contributed by atoms with van der Waals surface area (Å²) in [5.74, 6) is -0.590. The Morgan fingerprint density at radius 2 is 2.00 bits per heavy atom. The van der Waals surface area contributed by atoms with Crippen LogP contribution in [0.15, 0.2) is 17.3 Å². The first-order valence-electron chi connectivity index (χ1n) is 18.3. The fourth-order valence-corrected chi connectivity index (χ4v) is 9.47. The van der Waals surface area contributed by atoms with Crippen LogP contribution in [0.2, 0.25) is 5.02 Å². The summed E-state index contributed by atoms with van der Waals surface area (Å²) in [4.78, 5) is 18.3. The van der Waals surface area contributed by atoms with Gasteiger partial charge in [-0.15, -0.1) is 0 Å². The highest BCUT2D eigenvalue weighted by molar-refractivity contribution is 6.32. The number of aliphatic hydroxyl groups excluding tert-OH is 1. The third-order valence-electron chi connectivity index (χ3n) is 11.8. The summed E-state index contributed by atoms with van der Waals surface area (Å²) in [6.07, 6.45) is 7.85. The Balaban J connectivity index is 1.19. The molecule has 3 aliphatic heterocycles. The molecule has 0 radical (unpaired) electrons. The lowest BCUT2D eigenvalue weighted by atomic mass is 9.72. The smallest absolute Gasteiger partial charge is 0.319 e. The lowest BCUT2D eigenvalue weighted by Crippen LogP contribution is -2.63. The molecule has 3 unspecified atom stereocenters. The average Bonchev–Trinajstić information content (AvgIpc) is 3.88. The molecule has 2 aliphatic carbocycles. The summed E-state index contributed by atoms with van der Waals surface area (Å²) in [5, 5.41) is 19.3. The molecule has 3 aromatic rings. The molecule has 13 nitrogen and oxygen atoms in total. The number of anilines is 1. The number of likely N-dealkylation sites (tertiary alicyclic amines) is 1. The van der Waals surface area contributed by atoms with Gasteiger partial charge in [0.25, 0.3) is 0 Å². The first-order valence-corrected chi connectivity index (χ1v) is 18.7. The van der Waals surface area contributed by atoms with Gasteiger partial charge in [0.1, 0.15) is 22.2 Å². The van der Waals surface area contributed by atoms with Crippen molar-refractivity contribution in [2.24, 2.45) is 10.4 Å². The molecular formula is C37H47ClFN7O6. The van der Waals surface area contributed by atoms with Gasteiger partial charge in [-0.3, -0.25) is 10.00 Å². The van der Waals surface area contributed by atoms with Gasteiger partial charge in [0.15, 0.2) is 5.79 Å². The summed E-state index contributed by atoms with van der Waals surface area (Å²) in [6, 6.07) is 2.60. The van der Waals surface area contributed by atoms with Crippen LogP contribution in [-0.2, 0) is 25.4 Å². The van der Waals surface area contributed by atoms with Crippen molar-refractivity contribution >= 4 is 46.7 Å². The SMILES string of the molecule is C=N/C(OC)=c1/c(N2CCOCC(O)C2)nc(OCC23CCCC2N(C2CC4(C2)OCCO4)CCC3)n/c1=C(\F)Cc1c(C)c(Cl)cc2[nH]ncc12. The van der Waals surface area contributed by atoms with E-state index in [1.54, 1.807) is 12.3 Å². The Morgan fingerprint density at radius 3 is 2.79 bits per heavy atom. The van der Waals surface area contributed by atoms with E-state index in [4.69, 9.17) is 45.3 Å². The van der Waals surface area contributed by atoms with E-state index < -0.39 is 17.7 Å². The lowest BCUT2D eigenvalue weighted by Gasteiger charge is -2.55. The molecule has 5 aliphatic rings. The van der Waals surface area contributed by atoms with E-state index in [0.29, 0.717) is 67.0 Å². The van der Waals surface area contributed by atoms with Gasteiger partial charge in [-0.05, 0) is 63.1 Å². The quantitative estimate of drug-likeness (QED) is 0.313. The zero-order valence-electron chi connectivity index (χ0n) is 29.8. The number of aliphatic hydroxyl groups is 1. The van der Waals surface area contributed by atoms with Gasteiger partial charge in [0, 0.05) is 60.3 Å². The molecule has 0 amide bonds. The van der Waals surface area contributed by atoms with Crippen molar-refractivity contribution in [1.29, 1.82) is 0 Å². The Kier molecular flexibility index (Phi) is 9.89. The molecule has 1 spiro atoms. The van der Waals surface area contributed by atoms with Crippen LogP contribution in [0.1, 0.15) is 56.1 Å². The predicted octanol–water partition coefficient (Wildman–Crippen LogP) is 3.16. The fourth-order valence-electron chi connectivity index (χ4n) is 9.25. The minimum absolute atomic E-state index is 0.0259. The van der Waals surface area contributed by atoms with E-state index in [1.165, 1.54) is 7.11 Å². The number of aliphatic imine (C=N–C) groups is 1. The first-order chi connectivity index (χ1) is 25.2. The Morgan fingerprint density at radius 1 is 1.19 bits per heavy atom. The standard InChI is InChI=1S/C37H47ClFN7O6/c1-22-25(26-18-41-44-29(26)15-27(22)38)14-28(39)32-31(34(40-2)48-3)33(45-10-11-49-20-24(47)19-45)43-35(42-32)50-21-36-7-4-6-30(36)46(9-5-8-36)23-16-37(17-23)51-12-13-52-37/h15,18,23-24,30,47H,2,4-14,16-17,19-21H2,1,3H3,(H,41,44)/b32-28-,34-31-. The van der Waals surface area contributed by atoms with Gasteiger partial charge in [-0.25, -0.2) is 9.38 Å². The number of halogens is 2. The highest BCUT2D eigenvalue weighted by Gasteiger charge is 2.57. The van der Waals surface area contributed by atoms with Crippen molar-refractivity contribution in [3.8, 4) is 6.01 Å². The second-order valence-electron chi connectivity index (χ2n) is 14.8. The number of fused-ring (bicyclic) bond motifs is 2. The molecule has 5 fully saturated rings. The molecular weight excluding hydrogens is 693 g/mol. The predicted molar refractivity (Wildman–Crippen MR) is 194 cm³/mol. The first kappa shape index (κ1) is 35.6. The number of H-pyrrole nitrogens is 1. The number of aromatic amines is 1. The van der Waals surface area contributed by atoms with E-state index in [1.807, 2.05) is 11.8 Å². The molecule has 2 N–H and O–H groups in total. The van der Waals surface area contributed by atoms with Crippen molar-refractivity contribution in [2.45, 2.75) is 82.3 Å². The van der Waals surface area contributed by atoms with E-state index in [2.05, 4.69) is 26.8 Å². The van der Waals surface area contributed by atoms with Crippen LogP contribution in [0.5, 0.6) is 6.01 Å². The molecule has 3 saturated heterocycles. The summed E-state index contributed by atoms with van der Waals surface area (Å²) < 4.78 is 47.0. The van der Waals surface area contributed by atoms with Crippen molar-refractivity contribution in [3.05, 3.63) is 39.0 Å². The highest BCUT2D eigenvalue weighted by atomic mass is 35.5. The number of hydrogen-bond donors (Lipinski definition) is 2. The van der Waals surface area contributed by atoms with Crippen LogP contribution in [0, 0.1) is 12.3 Å². The van der Waals surface area contributed by atoms with Gasteiger partial charge < -0.3 is 33.7 Å². The van der Waals surface area contributed by atoms with E-state index in [0.717, 1.165) is 62.4 Å². The molecule has 2 aromatic heterocycles. The van der Waals surface area contributed by atoms with Crippen LogP contribution in [0.4, 0.5) is 10.2 Å². The van der Waals surface area contributed by atoms with E-state index in [9.17, 15) is 5.11 Å². The minimum Gasteiger partial charge on any atom is -0.480 e. The summed E-state index contributed by atoms with van der Waals surface area (Å²) in [5.41, 5.74) is 2.02. The maximum absolute atomic E-state index is 17.1. The van der Waals surface area contributed by atoms with Crippen molar-refractivity contribution < 1.29 is 33.2 Å². The van der Waals surface area contributed by atoms with Crippen molar-refractivity contribution in [1.82, 2.24) is 25.1 Å². The largest absolute Gasteiger partial charge is 0.480 e. The number of aromatic nitrogens is 4. The zero-order chi connectivity index (χ0) is 36.0. The fraction of sp³-hybridized carbons (Fsp3) is 0.622. The molecule has 2 saturated carbocycles. The van der Waals surface area contributed by atoms with E-state index >= 15 is 4.39 Å². The average molecular weight is 740 g/mol. The molecule has 5 heterocycles. The molecule has 0 bridgehead atoms. The Hall–Kier alpha value is -3.40. The summed E-state index contributed by atoms with van der Waals surface area (Å²) in [6.45, 7) is 9.42. The van der Waals surface area contributed by atoms with Crippen molar-refractivity contribution in [3.63, 3.8) is 0 Å². The van der Waals surface area contributed by atoms with Gasteiger partial charge in [-0.1, -0.05) is 18.0 Å². The second-order valence-corrected chi connectivity index (χ2v) is 15.2. The number of nitrogens with one attached hydrogen (secondary N) is 1. The highest BCUT2D eigenvalue weighted by Crippen LogP contribution is 2.52. The lowest BCUT2D eigenvalue weighted by molar-refractivity contribution is -0.242. The number of methoxy groups -OCH3 is 1. The molecule has 1 aromatic carbocycles. The number of ether oxygens (including phenoxy) is 5. The molecule has 3 atom stereocenters. The van der Waals surface area contributed by atoms with Gasteiger partial charge >= 0.3 is 6.01 Å². The summed E-state index contributed by atoms with van der Waals surface area (Å²) >= 11 is 6.59. The number of rotatable bonds is 9. The molecule has 280 valence electrons. The minimum atomic E-state index is -0.796. The Labute approximate surface area is 306 Å². The van der Waals surface area contributed by atoms with Crippen LogP contribution >= 0.6 is 11.6 Å². The number of β-amino-alcohol motifs (C(OH)–C–C–N with tert-alkyl or cyclic N) is 1. The number of hydrogen-bond acceptors (Lipinski definition) is 12. The van der Waals surface area contributed by atoms with Crippen LogP contribution in [0.25, 0.3) is 22.6 Å². The third kappa shape index (κ3) is 6.45. The normalized spacial score (nSPS) is 27.7. The monoisotopic (exact) mass is 739 g/mol. The maximum atomic E-state index is 17.1. The zero-order valence-corrected chi connectivity index (χ0v) is 30.6. The van der Waals surface area contributed by atoms with Crippen LogP contribution < -0.4 is 20.2 Å². The van der Waals surface area contributed by atoms with E-state index in [-0.39, 0.29) is 47.4 Å². The number of piperidine rings is 1. The maximum Gasteiger partial charge on any atom is 0.319 e. The van der Waals surface area contributed by atoms with Gasteiger partial charge in [0.05, 0.1) is 58.0 Å². The topological polar surface area (TPSA) is 140 Å². The van der Waals surface area contributed by atoms with Crippen LogP contribution in [-0.4, -0.2) is 121 Å². The number of nitrogens with zero attached hydrogens (tertiary/aromatic N) is 6. The number of benzene rings is 1. The molecule has 8 rings (SSSR count). The third-order valence-corrected chi connectivity index (χ3v) is 12.2. The summed E-state index contributed by atoms with van der Waals surface area (Å²) in [7, 11) is 1.44. The second kappa shape index (κ2) is 14.4. The van der Waals surface area contributed by atoms with Gasteiger partial charge in [-0.2, -0.15) is 15.1 Å². The van der Waals surface area contributed by atoms with Crippen molar-refractivity contribution in [2.75, 3.05) is 64.7 Å².